The second-order valence-corrected chi connectivity index (χ2v) is 8.48. The third-order valence-corrected chi connectivity index (χ3v) is 5.12. The maximum Gasteiger partial charge on any atom is 0.191 e. The lowest BCUT2D eigenvalue weighted by molar-refractivity contribution is 0.0378. The van der Waals surface area contributed by atoms with E-state index in [0.717, 1.165) is 23.0 Å². The summed E-state index contributed by atoms with van der Waals surface area (Å²) in [5, 5.41) is 20.2. The quantitative estimate of drug-likeness (QED) is 0.531. The molecular weight excluding hydrogens is 348 g/mol. The number of furan rings is 1. The molecule has 0 bridgehead atoms. The Labute approximate surface area is 159 Å². The number of hydrogen-bond donors (Lipinski definition) is 3. The molecule has 26 heavy (non-hydrogen) atoms. The second-order valence-electron chi connectivity index (χ2n) is 7.63. The first-order valence-corrected chi connectivity index (χ1v) is 9.76. The smallest absolute Gasteiger partial charge is 0.191 e. The summed E-state index contributed by atoms with van der Waals surface area (Å²) in [6, 6.07) is 3.64. The molecule has 0 radical (unpaired) electrons. The van der Waals surface area contributed by atoms with E-state index in [1.807, 2.05) is 19.9 Å². The minimum atomic E-state index is -1.12. The van der Waals surface area contributed by atoms with Crippen molar-refractivity contribution in [2.45, 2.75) is 59.1 Å². The molecule has 1 atom stereocenters. The minimum Gasteiger partial charge on any atom is -0.463 e. The van der Waals surface area contributed by atoms with Crippen molar-refractivity contribution >= 4 is 17.3 Å². The molecule has 0 spiro atoms. The summed E-state index contributed by atoms with van der Waals surface area (Å²) in [5.41, 5.74) is -0.120. The van der Waals surface area contributed by atoms with Crippen LogP contribution in [-0.4, -0.2) is 29.1 Å². The van der Waals surface area contributed by atoms with Gasteiger partial charge in [-0.3, -0.25) is 0 Å². The van der Waals surface area contributed by atoms with E-state index in [1.54, 1.807) is 24.3 Å². The van der Waals surface area contributed by atoms with E-state index in [4.69, 9.17) is 4.42 Å². The predicted octanol–water partition coefficient (Wildman–Crippen LogP) is 3.30. The summed E-state index contributed by atoms with van der Waals surface area (Å²) in [4.78, 5) is 9.24. The van der Waals surface area contributed by atoms with Crippen LogP contribution in [0.3, 0.4) is 0 Å². The summed E-state index contributed by atoms with van der Waals surface area (Å²) in [5.74, 6) is 1.95. The van der Waals surface area contributed by atoms with E-state index in [2.05, 4.69) is 46.8 Å². The average Bonchev–Trinajstić information content (AvgIpc) is 3.19. The molecule has 2 aromatic heterocycles. The molecule has 0 aliphatic carbocycles. The number of hydrogen-bond acceptors (Lipinski definition) is 5. The second kappa shape index (κ2) is 8.22. The van der Waals surface area contributed by atoms with Crippen LogP contribution in [0.2, 0.25) is 0 Å². The Hall–Kier alpha value is -1.86. The standard InChI is InChI=1S/C19H30N4O2S/c1-7-20-17(21-10-14-11-26-16(23-14)18(3,4)5)22-12-19(6,24)15-9-8-13(2)25-15/h8-9,11,24H,7,10,12H2,1-6H3,(H2,20,21,22). The molecule has 6 nitrogen and oxygen atoms in total. The Morgan fingerprint density at radius 3 is 2.54 bits per heavy atom. The maximum atomic E-state index is 10.6. The van der Waals surface area contributed by atoms with Crippen molar-refractivity contribution in [1.82, 2.24) is 15.6 Å². The van der Waals surface area contributed by atoms with Crippen molar-refractivity contribution < 1.29 is 9.52 Å². The first-order chi connectivity index (χ1) is 12.1. The lowest BCUT2D eigenvalue weighted by Crippen LogP contribution is -2.44. The van der Waals surface area contributed by atoms with Crippen molar-refractivity contribution in [3.8, 4) is 0 Å². The number of aromatic nitrogens is 1. The number of nitrogens with zero attached hydrogens (tertiary/aromatic N) is 2. The zero-order valence-electron chi connectivity index (χ0n) is 16.5. The van der Waals surface area contributed by atoms with E-state index in [1.165, 1.54) is 0 Å². The van der Waals surface area contributed by atoms with Crippen LogP contribution in [0.15, 0.2) is 26.9 Å². The fourth-order valence-corrected chi connectivity index (χ4v) is 3.19. The van der Waals surface area contributed by atoms with Crippen molar-refractivity contribution in [3.63, 3.8) is 0 Å². The maximum absolute atomic E-state index is 10.6. The molecule has 7 heteroatoms. The van der Waals surface area contributed by atoms with E-state index < -0.39 is 5.60 Å². The molecule has 144 valence electrons. The predicted molar refractivity (Wildman–Crippen MR) is 107 cm³/mol. The van der Waals surface area contributed by atoms with Crippen molar-refractivity contribution in [2.75, 3.05) is 13.1 Å². The normalized spacial score (nSPS) is 15.0. The van der Waals surface area contributed by atoms with Crippen LogP contribution in [0.1, 0.15) is 56.8 Å². The SMILES string of the molecule is CCNC(=NCc1csc(C(C)(C)C)n1)NCC(C)(O)c1ccc(C)o1. The van der Waals surface area contributed by atoms with Crippen LogP contribution in [0, 0.1) is 6.92 Å². The van der Waals surface area contributed by atoms with Gasteiger partial charge in [-0.2, -0.15) is 0 Å². The first-order valence-electron chi connectivity index (χ1n) is 8.88. The Balaban J connectivity index is 2.01. The van der Waals surface area contributed by atoms with Gasteiger partial charge in [0, 0.05) is 17.3 Å². The van der Waals surface area contributed by atoms with Crippen LogP contribution in [0.25, 0.3) is 0 Å². The third-order valence-electron chi connectivity index (χ3n) is 3.81. The fourth-order valence-electron chi connectivity index (χ4n) is 2.29. The molecule has 0 aromatic carbocycles. The highest BCUT2D eigenvalue weighted by Crippen LogP contribution is 2.25. The number of nitrogens with one attached hydrogen (secondary N) is 2. The molecule has 2 heterocycles. The van der Waals surface area contributed by atoms with E-state index in [0.29, 0.717) is 18.3 Å². The molecule has 2 rings (SSSR count). The summed E-state index contributed by atoms with van der Waals surface area (Å²) < 4.78 is 5.55. The number of aliphatic hydroxyl groups is 1. The van der Waals surface area contributed by atoms with Gasteiger partial charge in [0.1, 0.15) is 17.1 Å². The van der Waals surface area contributed by atoms with Gasteiger partial charge < -0.3 is 20.2 Å². The Morgan fingerprint density at radius 2 is 2.00 bits per heavy atom. The van der Waals surface area contributed by atoms with Crippen LogP contribution in [-0.2, 0) is 17.6 Å². The zero-order valence-corrected chi connectivity index (χ0v) is 17.3. The summed E-state index contributed by atoms with van der Waals surface area (Å²) in [6.07, 6.45) is 0. The first kappa shape index (κ1) is 20.5. The zero-order chi connectivity index (χ0) is 19.4. The number of rotatable bonds is 6. The van der Waals surface area contributed by atoms with Gasteiger partial charge in [-0.05, 0) is 32.9 Å². The lowest BCUT2D eigenvalue weighted by atomic mass is 9.98. The van der Waals surface area contributed by atoms with Crippen molar-refractivity contribution in [1.29, 1.82) is 0 Å². The van der Waals surface area contributed by atoms with E-state index >= 15 is 0 Å². The highest BCUT2D eigenvalue weighted by atomic mass is 32.1. The molecule has 0 fully saturated rings. The Bertz CT molecular complexity index is 741. The molecule has 1 unspecified atom stereocenters. The van der Waals surface area contributed by atoms with Crippen LogP contribution in [0.4, 0.5) is 0 Å². The molecule has 0 aliphatic heterocycles. The monoisotopic (exact) mass is 378 g/mol. The lowest BCUT2D eigenvalue weighted by Gasteiger charge is -2.22. The molecule has 0 aliphatic rings. The van der Waals surface area contributed by atoms with Gasteiger partial charge in [-0.15, -0.1) is 11.3 Å². The van der Waals surface area contributed by atoms with Crippen LogP contribution < -0.4 is 10.6 Å². The third kappa shape index (κ3) is 5.57. The number of guanidine groups is 1. The Kier molecular flexibility index (Phi) is 6.47. The fraction of sp³-hybridized carbons (Fsp3) is 0.579. The van der Waals surface area contributed by atoms with Gasteiger partial charge in [0.2, 0.25) is 0 Å². The summed E-state index contributed by atoms with van der Waals surface area (Å²) in [6.45, 7) is 13.6. The average molecular weight is 379 g/mol. The molecule has 0 amide bonds. The van der Waals surface area contributed by atoms with Gasteiger partial charge in [0.25, 0.3) is 0 Å². The molecule has 0 saturated carbocycles. The topological polar surface area (TPSA) is 82.7 Å². The van der Waals surface area contributed by atoms with Crippen LogP contribution >= 0.6 is 11.3 Å². The van der Waals surface area contributed by atoms with E-state index in [-0.39, 0.29) is 12.0 Å². The Morgan fingerprint density at radius 1 is 1.27 bits per heavy atom. The number of aryl methyl sites for hydroxylation is 1. The molecule has 3 N–H and O–H groups in total. The van der Waals surface area contributed by atoms with Gasteiger partial charge in [-0.1, -0.05) is 20.8 Å². The van der Waals surface area contributed by atoms with Crippen molar-refractivity contribution in [3.05, 3.63) is 39.7 Å². The minimum absolute atomic E-state index is 0.0508. The molecular formula is C19H30N4O2S. The van der Waals surface area contributed by atoms with Crippen LogP contribution in [0.5, 0.6) is 0 Å². The number of aliphatic imine (C=N–C) groups is 1. The highest BCUT2D eigenvalue weighted by Gasteiger charge is 2.27. The highest BCUT2D eigenvalue weighted by molar-refractivity contribution is 7.09. The van der Waals surface area contributed by atoms with Gasteiger partial charge >= 0.3 is 0 Å². The molecule has 0 saturated heterocycles. The summed E-state index contributed by atoms with van der Waals surface area (Å²) in [7, 11) is 0. The largest absolute Gasteiger partial charge is 0.463 e. The molecule has 2 aromatic rings. The van der Waals surface area contributed by atoms with Gasteiger partial charge in [0.15, 0.2) is 5.96 Å². The summed E-state index contributed by atoms with van der Waals surface area (Å²) >= 11 is 1.67. The van der Waals surface area contributed by atoms with Crippen molar-refractivity contribution in [2.24, 2.45) is 4.99 Å². The van der Waals surface area contributed by atoms with Gasteiger partial charge in [-0.25, -0.2) is 9.98 Å². The number of thiazole rings is 1. The van der Waals surface area contributed by atoms with Gasteiger partial charge in [0.05, 0.1) is 23.8 Å². The van der Waals surface area contributed by atoms with E-state index in [9.17, 15) is 5.11 Å².